The minimum atomic E-state index is -3.79. The number of amides is 1. The van der Waals surface area contributed by atoms with Gasteiger partial charge in [-0.05, 0) is 31.7 Å². The number of carbonyl (C=O) groups is 1. The van der Waals surface area contributed by atoms with Crippen molar-refractivity contribution in [2.24, 2.45) is 0 Å². The summed E-state index contributed by atoms with van der Waals surface area (Å²) in [5.74, 6) is -0.212. The molecular weight excluding hydrogens is 276 g/mol. The molecule has 0 unspecified atom stereocenters. The monoisotopic (exact) mass is 288 g/mol. The van der Waals surface area contributed by atoms with Crippen LogP contribution in [-0.4, -0.2) is 24.9 Å². The number of rotatable bonds is 4. The van der Waals surface area contributed by atoms with Gasteiger partial charge >= 0.3 is 0 Å². The van der Waals surface area contributed by atoms with E-state index in [4.69, 9.17) is 10.7 Å². The largest absolute Gasteiger partial charge is 0.348 e. The highest BCUT2D eigenvalue weighted by atomic mass is 35.7. The first-order valence-electron chi connectivity index (χ1n) is 5.92. The molecule has 0 bridgehead atoms. The summed E-state index contributed by atoms with van der Waals surface area (Å²) < 4.78 is 24.4. The Hall–Kier alpha value is -1.01. The molecule has 2 fully saturated rings. The van der Waals surface area contributed by atoms with Crippen LogP contribution in [0.3, 0.4) is 0 Å². The maximum Gasteiger partial charge on any atom is 0.268 e. The highest BCUT2D eigenvalue weighted by molar-refractivity contribution is 8.13. The molecule has 0 saturated heterocycles. The van der Waals surface area contributed by atoms with Crippen molar-refractivity contribution in [2.45, 2.75) is 42.7 Å². The van der Waals surface area contributed by atoms with Crippen molar-refractivity contribution in [1.29, 1.82) is 0 Å². The normalized spacial score (nSPS) is 19.8. The van der Waals surface area contributed by atoms with Gasteiger partial charge in [0.1, 0.15) is 10.6 Å². The lowest BCUT2D eigenvalue weighted by Gasteiger charge is -2.07. The summed E-state index contributed by atoms with van der Waals surface area (Å²) in [6.07, 6.45) is 5.40. The van der Waals surface area contributed by atoms with Crippen molar-refractivity contribution in [3.63, 3.8) is 0 Å². The van der Waals surface area contributed by atoms with Crippen LogP contribution in [0.2, 0.25) is 0 Å². The molecule has 1 N–H and O–H groups in total. The van der Waals surface area contributed by atoms with Gasteiger partial charge in [-0.15, -0.1) is 0 Å². The molecule has 98 valence electrons. The molecular formula is C11H13ClN2O3S. The Morgan fingerprint density at radius 1 is 1.33 bits per heavy atom. The number of nitrogens with one attached hydrogen (secondary N) is 1. The summed E-state index contributed by atoms with van der Waals surface area (Å²) in [6.45, 7) is 0. The van der Waals surface area contributed by atoms with Crippen LogP contribution in [0.5, 0.6) is 0 Å². The van der Waals surface area contributed by atoms with E-state index >= 15 is 0 Å². The first-order chi connectivity index (χ1) is 8.45. The Morgan fingerprint density at radius 3 is 2.50 bits per heavy atom. The summed E-state index contributed by atoms with van der Waals surface area (Å²) in [5, 5.41) is 2.86. The second-order valence-electron chi connectivity index (χ2n) is 4.89. The average molecular weight is 289 g/mol. The van der Waals surface area contributed by atoms with Gasteiger partial charge in [0.2, 0.25) is 0 Å². The fourth-order valence-corrected chi connectivity index (χ4v) is 2.66. The van der Waals surface area contributed by atoms with Gasteiger partial charge in [0.15, 0.2) is 0 Å². The van der Waals surface area contributed by atoms with E-state index in [1.54, 1.807) is 4.57 Å². The van der Waals surface area contributed by atoms with Crippen LogP contribution >= 0.6 is 10.7 Å². The van der Waals surface area contributed by atoms with E-state index in [0.717, 1.165) is 25.7 Å². The Kier molecular flexibility index (Phi) is 2.67. The van der Waals surface area contributed by atoms with E-state index in [2.05, 4.69) is 5.32 Å². The molecule has 0 aliphatic heterocycles. The smallest absolute Gasteiger partial charge is 0.268 e. The summed E-state index contributed by atoms with van der Waals surface area (Å²) in [5.41, 5.74) is 0.392. The molecule has 5 nitrogen and oxygen atoms in total. The standard InChI is InChI=1S/C11H13ClN2O3S/c12-18(16,17)9-5-10(11(15)13-7-1-2-7)14(6-9)8-3-4-8/h5-8H,1-4H2,(H,13,15). The number of nitrogens with zero attached hydrogens (tertiary/aromatic N) is 1. The van der Waals surface area contributed by atoms with E-state index < -0.39 is 9.05 Å². The summed E-state index contributed by atoms with van der Waals surface area (Å²) in [4.78, 5) is 12.0. The molecule has 7 heteroatoms. The highest BCUT2D eigenvalue weighted by Gasteiger charge is 2.32. The number of aromatic nitrogens is 1. The lowest BCUT2D eigenvalue weighted by Crippen LogP contribution is -2.27. The number of hydrogen-bond acceptors (Lipinski definition) is 3. The van der Waals surface area contributed by atoms with Gasteiger partial charge in [-0.1, -0.05) is 0 Å². The Morgan fingerprint density at radius 2 is 2.00 bits per heavy atom. The zero-order valence-corrected chi connectivity index (χ0v) is 11.2. The van der Waals surface area contributed by atoms with Crippen LogP contribution in [0.1, 0.15) is 42.2 Å². The van der Waals surface area contributed by atoms with Crippen LogP contribution in [0.15, 0.2) is 17.2 Å². The van der Waals surface area contributed by atoms with E-state index in [-0.39, 0.29) is 22.9 Å². The van der Waals surface area contributed by atoms with Crippen LogP contribution in [0.25, 0.3) is 0 Å². The number of carbonyl (C=O) groups excluding carboxylic acids is 1. The van der Waals surface area contributed by atoms with Gasteiger partial charge in [0.25, 0.3) is 15.0 Å². The van der Waals surface area contributed by atoms with Gasteiger partial charge in [0.05, 0.1) is 0 Å². The van der Waals surface area contributed by atoms with Crippen LogP contribution in [0, 0.1) is 0 Å². The topological polar surface area (TPSA) is 68.2 Å². The van der Waals surface area contributed by atoms with Gasteiger partial charge in [0, 0.05) is 29.0 Å². The molecule has 1 heterocycles. The minimum absolute atomic E-state index is 0.00277. The number of hydrogen-bond donors (Lipinski definition) is 1. The molecule has 3 rings (SSSR count). The first-order valence-corrected chi connectivity index (χ1v) is 8.23. The van der Waals surface area contributed by atoms with Crippen molar-refractivity contribution in [1.82, 2.24) is 9.88 Å². The van der Waals surface area contributed by atoms with Gasteiger partial charge in [-0.3, -0.25) is 4.79 Å². The Labute approximate surface area is 110 Å². The molecule has 1 amide bonds. The molecule has 2 aliphatic carbocycles. The zero-order chi connectivity index (χ0) is 12.9. The summed E-state index contributed by atoms with van der Waals surface area (Å²) in [7, 11) is 1.53. The Balaban J connectivity index is 1.95. The zero-order valence-electron chi connectivity index (χ0n) is 9.60. The quantitative estimate of drug-likeness (QED) is 0.857. The molecule has 1 aromatic heterocycles. The van der Waals surface area contributed by atoms with Crippen molar-refractivity contribution >= 4 is 25.6 Å². The van der Waals surface area contributed by atoms with Crippen molar-refractivity contribution in [3.8, 4) is 0 Å². The van der Waals surface area contributed by atoms with Gasteiger partial charge in [-0.25, -0.2) is 8.42 Å². The lowest BCUT2D eigenvalue weighted by molar-refractivity contribution is 0.0941. The molecule has 0 atom stereocenters. The van der Waals surface area contributed by atoms with Gasteiger partial charge < -0.3 is 9.88 Å². The molecule has 0 aromatic carbocycles. The summed E-state index contributed by atoms with van der Waals surface area (Å²) >= 11 is 0. The molecule has 18 heavy (non-hydrogen) atoms. The van der Waals surface area contributed by atoms with Crippen molar-refractivity contribution in [2.75, 3.05) is 0 Å². The van der Waals surface area contributed by atoms with Crippen molar-refractivity contribution in [3.05, 3.63) is 18.0 Å². The van der Waals surface area contributed by atoms with E-state index in [9.17, 15) is 13.2 Å². The van der Waals surface area contributed by atoms with Crippen LogP contribution < -0.4 is 5.32 Å². The van der Waals surface area contributed by atoms with Gasteiger partial charge in [-0.2, -0.15) is 0 Å². The predicted octanol–water partition coefficient (Wildman–Crippen LogP) is 1.64. The third-order valence-electron chi connectivity index (χ3n) is 3.19. The van der Waals surface area contributed by atoms with Crippen LogP contribution in [-0.2, 0) is 9.05 Å². The molecule has 2 saturated carbocycles. The van der Waals surface area contributed by atoms with E-state index in [1.165, 1.54) is 12.3 Å². The second kappa shape index (κ2) is 3.99. The SMILES string of the molecule is O=C(NC1CC1)c1cc(S(=O)(=O)Cl)cn1C1CC1. The third-order valence-corrected chi connectivity index (χ3v) is 4.51. The third kappa shape index (κ3) is 2.40. The van der Waals surface area contributed by atoms with E-state index in [0.29, 0.717) is 5.69 Å². The maximum atomic E-state index is 12.0. The van der Waals surface area contributed by atoms with E-state index in [1.807, 2.05) is 0 Å². The molecule has 0 radical (unpaired) electrons. The van der Waals surface area contributed by atoms with Crippen LogP contribution in [0.4, 0.5) is 0 Å². The maximum absolute atomic E-state index is 12.0. The first kappa shape index (κ1) is 12.0. The minimum Gasteiger partial charge on any atom is -0.348 e. The second-order valence-corrected chi connectivity index (χ2v) is 7.45. The highest BCUT2D eigenvalue weighted by Crippen LogP contribution is 2.37. The number of halogens is 1. The fraction of sp³-hybridized carbons (Fsp3) is 0.545. The molecule has 0 spiro atoms. The average Bonchev–Trinajstić information content (AvgIpc) is 3.18. The molecule has 2 aliphatic rings. The predicted molar refractivity (Wildman–Crippen MR) is 66.2 cm³/mol. The fourth-order valence-electron chi connectivity index (χ4n) is 1.91. The van der Waals surface area contributed by atoms with Crippen molar-refractivity contribution < 1.29 is 13.2 Å². The molecule has 1 aromatic rings. The summed E-state index contributed by atoms with van der Waals surface area (Å²) in [6, 6.07) is 1.84. The lowest BCUT2D eigenvalue weighted by atomic mass is 10.4. The Bertz CT molecular complexity index is 600.